The van der Waals surface area contributed by atoms with E-state index in [4.69, 9.17) is 10.5 Å². The monoisotopic (exact) mass is 278 g/mol. The van der Waals surface area contributed by atoms with Gasteiger partial charge in [0.15, 0.2) is 0 Å². The number of hydrogen-bond donors (Lipinski definition) is 3. The standard InChI is InChI=1S/C15H22N2O3/c1-20-12-6-7-13(14(18)8-12)15(19)17-9-10-2-4-11(16)5-3-10/h6-8,10-11,18H,2-5,9,16H2,1H3,(H,17,19). The second-order valence-electron chi connectivity index (χ2n) is 5.37. The number of rotatable bonds is 4. The van der Waals surface area contributed by atoms with Gasteiger partial charge in [0, 0.05) is 18.7 Å². The molecule has 20 heavy (non-hydrogen) atoms. The number of phenolic OH excluding ortho intramolecular Hbond substituents is 1. The fourth-order valence-electron chi connectivity index (χ4n) is 2.56. The van der Waals surface area contributed by atoms with Crippen LogP contribution in [0.5, 0.6) is 11.5 Å². The second kappa shape index (κ2) is 6.61. The number of carbonyl (C=O) groups is 1. The van der Waals surface area contributed by atoms with Gasteiger partial charge >= 0.3 is 0 Å². The fourth-order valence-corrected chi connectivity index (χ4v) is 2.56. The van der Waals surface area contributed by atoms with Crippen molar-refractivity contribution in [1.29, 1.82) is 0 Å². The van der Waals surface area contributed by atoms with Crippen LogP contribution in [0.25, 0.3) is 0 Å². The number of aromatic hydroxyl groups is 1. The Morgan fingerprint density at radius 1 is 1.40 bits per heavy atom. The molecule has 0 atom stereocenters. The number of methoxy groups -OCH3 is 1. The SMILES string of the molecule is COc1ccc(C(=O)NCC2CCC(N)CC2)c(O)c1. The van der Waals surface area contributed by atoms with Crippen molar-refractivity contribution in [3.63, 3.8) is 0 Å². The summed E-state index contributed by atoms with van der Waals surface area (Å²) in [6.45, 7) is 0.636. The van der Waals surface area contributed by atoms with E-state index in [1.54, 1.807) is 12.1 Å². The summed E-state index contributed by atoms with van der Waals surface area (Å²) in [6.07, 6.45) is 4.15. The van der Waals surface area contributed by atoms with E-state index in [-0.39, 0.29) is 17.2 Å². The highest BCUT2D eigenvalue weighted by molar-refractivity contribution is 5.96. The van der Waals surface area contributed by atoms with Crippen LogP contribution in [0.3, 0.4) is 0 Å². The second-order valence-corrected chi connectivity index (χ2v) is 5.37. The minimum Gasteiger partial charge on any atom is -0.507 e. The van der Waals surface area contributed by atoms with E-state index < -0.39 is 0 Å². The molecule has 1 aliphatic carbocycles. The predicted molar refractivity (Wildman–Crippen MR) is 76.9 cm³/mol. The Balaban J connectivity index is 1.88. The van der Waals surface area contributed by atoms with Crippen LogP contribution in [0.2, 0.25) is 0 Å². The van der Waals surface area contributed by atoms with Gasteiger partial charge in [-0.3, -0.25) is 4.79 Å². The Morgan fingerprint density at radius 2 is 2.10 bits per heavy atom. The zero-order valence-electron chi connectivity index (χ0n) is 11.8. The van der Waals surface area contributed by atoms with Crippen molar-refractivity contribution in [3.05, 3.63) is 23.8 Å². The molecule has 0 radical (unpaired) electrons. The molecular weight excluding hydrogens is 256 g/mol. The molecular formula is C15H22N2O3. The van der Waals surface area contributed by atoms with Crippen LogP contribution >= 0.6 is 0 Å². The van der Waals surface area contributed by atoms with Crippen molar-refractivity contribution in [2.24, 2.45) is 11.7 Å². The normalized spacial score (nSPS) is 22.3. The lowest BCUT2D eigenvalue weighted by Crippen LogP contribution is -2.34. The summed E-state index contributed by atoms with van der Waals surface area (Å²) in [6, 6.07) is 4.98. The van der Waals surface area contributed by atoms with Crippen molar-refractivity contribution in [1.82, 2.24) is 5.32 Å². The number of hydrogen-bond acceptors (Lipinski definition) is 4. The van der Waals surface area contributed by atoms with Crippen LogP contribution in [0, 0.1) is 5.92 Å². The minimum atomic E-state index is -0.250. The molecule has 0 aromatic heterocycles. The smallest absolute Gasteiger partial charge is 0.255 e. The molecule has 1 amide bonds. The zero-order chi connectivity index (χ0) is 14.5. The quantitative estimate of drug-likeness (QED) is 0.782. The van der Waals surface area contributed by atoms with Gasteiger partial charge in [-0.25, -0.2) is 0 Å². The molecule has 0 spiro atoms. The number of phenols is 1. The summed E-state index contributed by atoms with van der Waals surface area (Å²) in [7, 11) is 1.52. The van der Waals surface area contributed by atoms with E-state index >= 15 is 0 Å². The Labute approximate surface area is 119 Å². The van der Waals surface area contributed by atoms with E-state index in [9.17, 15) is 9.90 Å². The van der Waals surface area contributed by atoms with Gasteiger partial charge < -0.3 is 20.9 Å². The average Bonchev–Trinajstić information content (AvgIpc) is 2.46. The fraction of sp³-hybridized carbons (Fsp3) is 0.533. The van der Waals surface area contributed by atoms with E-state index in [0.29, 0.717) is 24.3 Å². The van der Waals surface area contributed by atoms with Crippen molar-refractivity contribution in [3.8, 4) is 11.5 Å². The van der Waals surface area contributed by atoms with E-state index in [2.05, 4.69) is 5.32 Å². The summed E-state index contributed by atoms with van der Waals surface area (Å²) in [4.78, 5) is 12.0. The first kappa shape index (κ1) is 14.7. The lowest BCUT2D eigenvalue weighted by molar-refractivity contribution is 0.0940. The van der Waals surface area contributed by atoms with Gasteiger partial charge in [-0.15, -0.1) is 0 Å². The lowest BCUT2D eigenvalue weighted by Gasteiger charge is -2.26. The molecule has 1 aliphatic rings. The highest BCUT2D eigenvalue weighted by Gasteiger charge is 2.20. The maximum Gasteiger partial charge on any atom is 0.255 e. The number of benzene rings is 1. The van der Waals surface area contributed by atoms with Crippen LogP contribution < -0.4 is 15.8 Å². The highest BCUT2D eigenvalue weighted by Crippen LogP contribution is 2.24. The summed E-state index contributed by atoms with van der Waals surface area (Å²) in [5.41, 5.74) is 6.14. The van der Waals surface area contributed by atoms with Crippen LogP contribution in [0.1, 0.15) is 36.0 Å². The molecule has 0 aliphatic heterocycles. The summed E-state index contributed by atoms with van der Waals surface area (Å²) < 4.78 is 4.99. The van der Waals surface area contributed by atoms with Gasteiger partial charge in [-0.2, -0.15) is 0 Å². The maximum atomic E-state index is 12.0. The predicted octanol–water partition coefficient (Wildman–Crippen LogP) is 1.65. The highest BCUT2D eigenvalue weighted by atomic mass is 16.5. The molecule has 1 aromatic carbocycles. The Bertz CT molecular complexity index is 468. The Hall–Kier alpha value is -1.75. The third-order valence-corrected chi connectivity index (χ3v) is 3.89. The molecule has 110 valence electrons. The summed E-state index contributed by atoms with van der Waals surface area (Å²) >= 11 is 0. The van der Waals surface area contributed by atoms with Crippen molar-refractivity contribution >= 4 is 5.91 Å². The molecule has 0 saturated heterocycles. The van der Waals surface area contributed by atoms with Crippen LogP contribution in [0.4, 0.5) is 0 Å². The molecule has 5 nitrogen and oxygen atoms in total. The Kier molecular flexibility index (Phi) is 4.84. The Morgan fingerprint density at radius 3 is 2.70 bits per heavy atom. The van der Waals surface area contributed by atoms with E-state index in [1.807, 2.05) is 0 Å². The first-order chi connectivity index (χ1) is 9.60. The summed E-state index contributed by atoms with van der Waals surface area (Å²) in [5, 5.41) is 12.7. The van der Waals surface area contributed by atoms with Crippen LogP contribution in [0.15, 0.2) is 18.2 Å². The van der Waals surface area contributed by atoms with Crippen LogP contribution in [-0.2, 0) is 0 Å². The summed E-state index contributed by atoms with van der Waals surface area (Å²) in [5.74, 6) is 0.701. The van der Waals surface area contributed by atoms with E-state index in [0.717, 1.165) is 25.7 Å². The molecule has 1 fully saturated rings. The maximum absolute atomic E-state index is 12.0. The zero-order valence-corrected chi connectivity index (χ0v) is 11.8. The van der Waals surface area contributed by atoms with Gasteiger partial charge in [0.1, 0.15) is 11.5 Å². The molecule has 0 bridgehead atoms. The first-order valence-corrected chi connectivity index (χ1v) is 7.01. The third-order valence-electron chi connectivity index (χ3n) is 3.89. The van der Waals surface area contributed by atoms with Crippen molar-refractivity contribution in [2.75, 3.05) is 13.7 Å². The van der Waals surface area contributed by atoms with E-state index in [1.165, 1.54) is 13.2 Å². The van der Waals surface area contributed by atoms with Crippen molar-refractivity contribution in [2.45, 2.75) is 31.7 Å². The number of ether oxygens (including phenoxy) is 1. The topological polar surface area (TPSA) is 84.6 Å². The largest absolute Gasteiger partial charge is 0.507 e. The van der Waals surface area contributed by atoms with Crippen molar-refractivity contribution < 1.29 is 14.6 Å². The molecule has 1 saturated carbocycles. The van der Waals surface area contributed by atoms with Gasteiger partial charge in [0.05, 0.1) is 12.7 Å². The first-order valence-electron chi connectivity index (χ1n) is 7.01. The van der Waals surface area contributed by atoms with Gasteiger partial charge in [-0.1, -0.05) is 0 Å². The molecule has 0 unspecified atom stereocenters. The number of nitrogens with one attached hydrogen (secondary N) is 1. The third kappa shape index (κ3) is 3.63. The number of carbonyl (C=O) groups excluding carboxylic acids is 1. The lowest BCUT2D eigenvalue weighted by atomic mass is 9.86. The molecule has 1 aromatic rings. The average molecular weight is 278 g/mol. The molecule has 0 heterocycles. The molecule has 4 N–H and O–H groups in total. The number of nitrogens with two attached hydrogens (primary N) is 1. The molecule has 2 rings (SSSR count). The molecule has 5 heteroatoms. The minimum absolute atomic E-state index is 0.0625. The van der Waals surface area contributed by atoms with Gasteiger partial charge in [0.25, 0.3) is 5.91 Å². The number of amides is 1. The van der Waals surface area contributed by atoms with Gasteiger partial charge in [0.2, 0.25) is 0 Å². The van der Waals surface area contributed by atoms with Crippen LogP contribution in [-0.4, -0.2) is 30.7 Å². The van der Waals surface area contributed by atoms with Gasteiger partial charge in [-0.05, 0) is 43.7 Å².